The van der Waals surface area contributed by atoms with Crippen molar-refractivity contribution in [2.24, 2.45) is 166 Å². The van der Waals surface area contributed by atoms with Crippen LogP contribution in [0.5, 0.6) is 0 Å². The molecule has 0 saturated heterocycles. The molecule has 28 unspecified atom stereocenters. The van der Waals surface area contributed by atoms with Crippen molar-refractivity contribution >= 4 is 0 Å². The van der Waals surface area contributed by atoms with Crippen LogP contribution in [0.4, 0.5) is 0 Å². The summed E-state index contributed by atoms with van der Waals surface area (Å²) >= 11 is 0. The molecule has 12 saturated carbocycles. The first kappa shape index (κ1) is 32.3. The van der Waals surface area contributed by atoms with Crippen LogP contribution in [0.3, 0.4) is 0 Å². The van der Waals surface area contributed by atoms with Crippen LogP contribution in [0.25, 0.3) is 0 Å². The fraction of sp³-hybridized carbons (Fsp3) is 1.00. The third-order valence-corrected chi connectivity index (χ3v) is 23.6. The molecule has 12 fully saturated rings. The molecule has 0 heteroatoms. The third kappa shape index (κ3) is 4.36. The zero-order valence-electron chi connectivity index (χ0n) is 33.5. The Labute approximate surface area is 309 Å². The molecule has 0 aromatic carbocycles. The molecular formula is C50H78. The Kier molecular flexibility index (Phi) is 7.28. The first-order valence-corrected chi connectivity index (χ1v) is 24.2. The van der Waals surface area contributed by atoms with Crippen molar-refractivity contribution in [1.82, 2.24) is 0 Å². The summed E-state index contributed by atoms with van der Waals surface area (Å²) in [6.07, 6.45) is 26.3. The maximum Gasteiger partial charge on any atom is -0.0349 e. The zero-order chi connectivity index (χ0) is 33.5. The monoisotopic (exact) mass is 679 g/mol. The van der Waals surface area contributed by atoms with Gasteiger partial charge in [-0.15, -0.1) is 0 Å². The topological polar surface area (TPSA) is 0 Å². The number of hydrogen-bond donors (Lipinski definition) is 0. The zero-order valence-corrected chi connectivity index (χ0v) is 33.5. The van der Waals surface area contributed by atoms with E-state index in [-0.39, 0.29) is 0 Å². The van der Waals surface area contributed by atoms with Crippen LogP contribution in [-0.4, -0.2) is 0 Å². The Morgan fingerprint density at radius 2 is 0.320 bits per heavy atom. The van der Waals surface area contributed by atoms with Crippen LogP contribution in [0.1, 0.15) is 144 Å². The Bertz CT molecular complexity index is 1230. The van der Waals surface area contributed by atoms with Gasteiger partial charge in [-0.05, 0) is 268 Å². The van der Waals surface area contributed by atoms with Crippen molar-refractivity contribution in [3.8, 4) is 0 Å². The summed E-state index contributed by atoms with van der Waals surface area (Å²) in [6.45, 7) is 16.1. The Balaban J connectivity index is 0.679. The Hall–Kier alpha value is 0. The molecule has 0 heterocycles. The highest BCUT2D eigenvalue weighted by Gasteiger charge is 2.63. The van der Waals surface area contributed by atoms with E-state index >= 15 is 0 Å². The van der Waals surface area contributed by atoms with Gasteiger partial charge in [0.25, 0.3) is 0 Å². The summed E-state index contributed by atoms with van der Waals surface area (Å²) < 4.78 is 0. The van der Waals surface area contributed by atoms with Crippen molar-refractivity contribution in [3.05, 3.63) is 0 Å². The van der Waals surface area contributed by atoms with Gasteiger partial charge < -0.3 is 0 Å². The molecule has 12 aliphatic rings. The minimum absolute atomic E-state index is 1.02. The van der Waals surface area contributed by atoms with E-state index in [1.54, 1.807) is 103 Å². The molecule has 0 amide bonds. The first-order chi connectivity index (χ1) is 24.2. The number of hydrogen-bond acceptors (Lipinski definition) is 0. The predicted octanol–water partition coefficient (Wildman–Crippen LogP) is 12.8. The lowest BCUT2D eigenvalue weighted by Crippen LogP contribution is -2.19. The summed E-state index contributed by atoms with van der Waals surface area (Å²) in [5, 5.41) is 0. The van der Waals surface area contributed by atoms with Crippen LogP contribution in [-0.2, 0) is 0 Å². The largest absolute Gasteiger partial charge is 0.0625 e. The molecule has 50 heavy (non-hydrogen) atoms. The Morgan fingerprint density at radius 3 is 0.540 bits per heavy atom. The molecule has 0 bridgehead atoms. The van der Waals surface area contributed by atoms with Crippen molar-refractivity contribution < 1.29 is 0 Å². The Morgan fingerprint density at radius 1 is 0.180 bits per heavy atom. The van der Waals surface area contributed by atoms with Gasteiger partial charge in [-0.1, -0.05) is 41.5 Å². The molecule has 0 nitrogen and oxygen atoms in total. The molecule has 278 valence electrons. The molecular weight excluding hydrogens is 601 g/mol. The van der Waals surface area contributed by atoms with Gasteiger partial charge in [-0.25, -0.2) is 0 Å². The van der Waals surface area contributed by atoms with E-state index in [2.05, 4.69) is 41.5 Å². The second-order valence-corrected chi connectivity index (χ2v) is 24.6. The minimum atomic E-state index is 1.02. The molecule has 0 spiro atoms. The highest BCUT2D eigenvalue weighted by Crippen LogP contribution is 2.71. The van der Waals surface area contributed by atoms with Gasteiger partial charge in [0.05, 0.1) is 0 Å². The second kappa shape index (κ2) is 11.3. The predicted molar refractivity (Wildman–Crippen MR) is 206 cm³/mol. The number of rotatable bonds is 3. The lowest BCUT2D eigenvalue weighted by molar-refractivity contribution is 0.222. The summed E-state index contributed by atoms with van der Waals surface area (Å²) in [6, 6.07) is 0. The van der Waals surface area contributed by atoms with Crippen LogP contribution < -0.4 is 0 Å². The maximum absolute atomic E-state index is 2.78. The third-order valence-electron chi connectivity index (χ3n) is 23.6. The highest BCUT2D eigenvalue weighted by molar-refractivity contribution is 5.12. The van der Waals surface area contributed by atoms with Crippen molar-refractivity contribution in [2.75, 3.05) is 0 Å². The lowest BCUT2D eigenvalue weighted by Gasteiger charge is -2.27. The number of fused-ring (bicyclic) bond motifs is 12. The lowest BCUT2D eigenvalue weighted by atomic mass is 9.78. The molecule has 0 aromatic heterocycles. The SMILES string of the molecule is CC1CC2C(C)C3CC(C4CC5C(C)C6CC(C7CC8C(C)C9CC(C%10CC%11C(C)C%12CC(C)CC%12C%11C%10)CC9C8C7)CC6C5C4)CC3C2C1. The van der Waals surface area contributed by atoms with Crippen LogP contribution in [0.15, 0.2) is 0 Å². The molecule has 12 rings (SSSR count). The van der Waals surface area contributed by atoms with E-state index in [0.29, 0.717) is 0 Å². The quantitative estimate of drug-likeness (QED) is 0.279. The van der Waals surface area contributed by atoms with Crippen molar-refractivity contribution in [3.63, 3.8) is 0 Å². The van der Waals surface area contributed by atoms with Crippen molar-refractivity contribution in [1.29, 1.82) is 0 Å². The summed E-state index contributed by atoms with van der Waals surface area (Å²) in [7, 11) is 0. The van der Waals surface area contributed by atoms with Gasteiger partial charge in [0.2, 0.25) is 0 Å². The standard InChI is InChI=1S/C50H78/c1-23-7-35-25(3)37-11-29(17-45(37)43(35)9-23)31-13-39-27(5)41-15-33(21-49(41)47(39)19-31)34-16-42-28(6)40-14-32(20-48(40)50(42)22-34)30-12-38-26(4)36-8-24(2)10-44(36)46(38)18-30/h23-50H,7-22H2,1-6H3. The van der Waals surface area contributed by atoms with Gasteiger partial charge >= 0.3 is 0 Å². The minimum Gasteiger partial charge on any atom is -0.0625 e. The molecule has 0 aromatic rings. The average molecular weight is 679 g/mol. The van der Waals surface area contributed by atoms with E-state index in [1.165, 1.54) is 0 Å². The van der Waals surface area contributed by atoms with Gasteiger partial charge in [-0.3, -0.25) is 0 Å². The van der Waals surface area contributed by atoms with Crippen molar-refractivity contribution in [2.45, 2.75) is 144 Å². The average Bonchev–Trinajstić information content (AvgIpc) is 3.93. The fourth-order valence-corrected chi connectivity index (χ4v) is 22.0. The normalized spacial score (nSPS) is 68.5. The maximum atomic E-state index is 2.78. The molecule has 12 aliphatic carbocycles. The molecule has 0 aliphatic heterocycles. The molecule has 28 atom stereocenters. The van der Waals surface area contributed by atoms with E-state index in [0.717, 1.165) is 166 Å². The van der Waals surface area contributed by atoms with Crippen LogP contribution in [0, 0.1) is 166 Å². The summed E-state index contributed by atoms with van der Waals surface area (Å²) in [4.78, 5) is 0. The van der Waals surface area contributed by atoms with E-state index in [1.807, 2.05) is 0 Å². The highest BCUT2D eigenvalue weighted by atomic mass is 14.7. The van der Waals surface area contributed by atoms with Crippen LogP contribution >= 0.6 is 0 Å². The first-order valence-electron chi connectivity index (χ1n) is 24.2. The van der Waals surface area contributed by atoms with E-state index in [9.17, 15) is 0 Å². The van der Waals surface area contributed by atoms with E-state index < -0.39 is 0 Å². The summed E-state index contributed by atoms with van der Waals surface area (Å²) in [5.41, 5.74) is 0. The van der Waals surface area contributed by atoms with Gasteiger partial charge in [0, 0.05) is 0 Å². The fourth-order valence-electron chi connectivity index (χ4n) is 22.0. The smallest absolute Gasteiger partial charge is 0.0349 e. The second-order valence-electron chi connectivity index (χ2n) is 24.6. The summed E-state index contributed by atoms with van der Waals surface area (Å²) in [5.74, 6) is 31.0. The molecule has 0 radical (unpaired) electrons. The molecule has 0 N–H and O–H groups in total. The van der Waals surface area contributed by atoms with Gasteiger partial charge in [-0.2, -0.15) is 0 Å². The van der Waals surface area contributed by atoms with Gasteiger partial charge in [0.1, 0.15) is 0 Å². The van der Waals surface area contributed by atoms with Gasteiger partial charge in [0.15, 0.2) is 0 Å². The van der Waals surface area contributed by atoms with E-state index in [4.69, 9.17) is 0 Å². The van der Waals surface area contributed by atoms with Crippen LogP contribution in [0.2, 0.25) is 0 Å².